The normalized spacial score (nSPS) is 10.5. The predicted octanol–water partition coefficient (Wildman–Crippen LogP) is 6.38. The molecule has 0 aliphatic heterocycles. The summed E-state index contributed by atoms with van der Waals surface area (Å²) in [6.07, 6.45) is 0. The van der Waals surface area contributed by atoms with Crippen molar-refractivity contribution in [2.45, 2.75) is 0 Å². The molecule has 0 heterocycles. The highest BCUT2D eigenvalue weighted by Gasteiger charge is 2.00. The lowest BCUT2D eigenvalue weighted by Crippen LogP contribution is -1.90. The summed E-state index contributed by atoms with van der Waals surface area (Å²) < 4.78 is 5.81. The molecule has 0 spiro atoms. The number of anilines is 2. The van der Waals surface area contributed by atoms with Crippen LogP contribution in [0.4, 0.5) is 11.4 Å². The molecule has 0 radical (unpaired) electrons. The molecule has 24 heavy (non-hydrogen) atoms. The van der Waals surface area contributed by atoms with Crippen LogP contribution in [0.2, 0.25) is 0 Å². The van der Waals surface area contributed by atoms with E-state index in [4.69, 9.17) is 4.74 Å². The van der Waals surface area contributed by atoms with Crippen molar-refractivity contribution < 1.29 is 4.74 Å². The molecule has 0 amide bonds. The molecular formula is C22H17NO. The standard InChI is InChI=1S/C22H17NO/c1-2-8-21(9-3-1)24-22-14-12-19(13-15-22)23-20-11-10-17-6-4-5-7-18(17)16-20/h1-16,23H. The van der Waals surface area contributed by atoms with Crippen molar-refractivity contribution >= 4 is 22.1 Å². The maximum absolute atomic E-state index is 5.81. The Morgan fingerprint density at radius 3 is 1.92 bits per heavy atom. The molecule has 4 aromatic carbocycles. The van der Waals surface area contributed by atoms with Crippen molar-refractivity contribution in [1.82, 2.24) is 0 Å². The van der Waals surface area contributed by atoms with Crippen LogP contribution in [0.15, 0.2) is 97.1 Å². The van der Waals surface area contributed by atoms with E-state index in [2.05, 4.69) is 47.8 Å². The Bertz CT molecular complexity index is 946. The molecular weight excluding hydrogens is 294 g/mol. The molecule has 4 rings (SSSR count). The van der Waals surface area contributed by atoms with Crippen LogP contribution >= 0.6 is 0 Å². The molecule has 0 fully saturated rings. The molecule has 0 atom stereocenters. The zero-order valence-corrected chi connectivity index (χ0v) is 13.1. The zero-order valence-electron chi connectivity index (χ0n) is 13.1. The van der Waals surface area contributed by atoms with Gasteiger partial charge in [-0.25, -0.2) is 0 Å². The van der Waals surface area contributed by atoms with Crippen LogP contribution < -0.4 is 10.1 Å². The second-order valence-electron chi connectivity index (χ2n) is 5.63. The summed E-state index contributed by atoms with van der Waals surface area (Å²) in [6, 6.07) is 32.5. The van der Waals surface area contributed by atoms with Crippen LogP contribution in [-0.2, 0) is 0 Å². The Morgan fingerprint density at radius 2 is 1.12 bits per heavy atom. The summed E-state index contributed by atoms with van der Waals surface area (Å²) >= 11 is 0. The van der Waals surface area contributed by atoms with Gasteiger partial charge in [0.05, 0.1) is 0 Å². The molecule has 116 valence electrons. The number of rotatable bonds is 4. The van der Waals surface area contributed by atoms with E-state index in [1.54, 1.807) is 0 Å². The number of hydrogen-bond donors (Lipinski definition) is 1. The third-order valence-electron chi connectivity index (χ3n) is 3.87. The van der Waals surface area contributed by atoms with Gasteiger partial charge in [-0.3, -0.25) is 0 Å². The van der Waals surface area contributed by atoms with Gasteiger partial charge in [-0.05, 0) is 59.3 Å². The van der Waals surface area contributed by atoms with Crippen LogP contribution in [0.5, 0.6) is 11.5 Å². The van der Waals surface area contributed by atoms with Gasteiger partial charge < -0.3 is 10.1 Å². The van der Waals surface area contributed by atoms with Crippen molar-refractivity contribution in [2.24, 2.45) is 0 Å². The molecule has 0 unspecified atom stereocenters. The SMILES string of the molecule is c1ccc(Oc2ccc(Nc3ccc4ccccc4c3)cc2)cc1. The first-order valence-corrected chi connectivity index (χ1v) is 7.96. The van der Waals surface area contributed by atoms with Gasteiger partial charge in [-0.15, -0.1) is 0 Å². The summed E-state index contributed by atoms with van der Waals surface area (Å²) in [4.78, 5) is 0. The van der Waals surface area contributed by atoms with Gasteiger partial charge in [0.2, 0.25) is 0 Å². The Balaban J connectivity index is 1.50. The number of nitrogens with one attached hydrogen (secondary N) is 1. The molecule has 0 aliphatic carbocycles. The first-order chi connectivity index (χ1) is 11.9. The lowest BCUT2D eigenvalue weighted by molar-refractivity contribution is 0.483. The number of hydrogen-bond acceptors (Lipinski definition) is 2. The van der Waals surface area contributed by atoms with Gasteiger partial charge in [0, 0.05) is 11.4 Å². The third kappa shape index (κ3) is 3.23. The highest BCUT2D eigenvalue weighted by molar-refractivity contribution is 5.86. The molecule has 4 aromatic rings. The lowest BCUT2D eigenvalue weighted by atomic mass is 10.1. The minimum atomic E-state index is 0.824. The third-order valence-corrected chi connectivity index (χ3v) is 3.87. The fraction of sp³-hybridized carbons (Fsp3) is 0. The predicted molar refractivity (Wildman–Crippen MR) is 100 cm³/mol. The largest absolute Gasteiger partial charge is 0.457 e. The highest BCUT2D eigenvalue weighted by Crippen LogP contribution is 2.26. The Labute approximate surface area is 141 Å². The van der Waals surface area contributed by atoms with Crippen molar-refractivity contribution in [1.29, 1.82) is 0 Å². The fourth-order valence-corrected chi connectivity index (χ4v) is 2.66. The summed E-state index contributed by atoms with van der Waals surface area (Å²) in [6.45, 7) is 0. The van der Waals surface area contributed by atoms with E-state index < -0.39 is 0 Å². The van der Waals surface area contributed by atoms with Crippen molar-refractivity contribution in [3.05, 3.63) is 97.1 Å². The van der Waals surface area contributed by atoms with Crippen molar-refractivity contribution in [3.8, 4) is 11.5 Å². The number of para-hydroxylation sites is 1. The van der Waals surface area contributed by atoms with Gasteiger partial charge in [0.1, 0.15) is 11.5 Å². The topological polar surface area (TPSA) is 21.3 Å². The van der Waals surface area contributed by atoms with Gasteiger partial charge in [-0.2, -0.15) is 0 Å². The lowest BCUT2D eigenvalue weighted by Gasteiger charge is -2.09. The first-order valence-electron chi connectivity index (χ1n) is 7.96. The second kappa shape index (κ2) is 6.47. The minimum absolute atomic E-state index is 0.824. The molecule has 2 nitrogen and oxygen atoms in total. The van der Waals surface area contributed by atoms with Crippen molar-refractivity contribution in [3.63, 3.8) is 0 Å². The van der Waals surface area contributed by atoms with Gasteiger partial charge in [0.15, 0.2) is 0 Å². The number of benzene rings is 4. The average molecular weight is 311 g/mol. The molecule has 2 heteroatoms. The fourth-order valence-electron chi connectivity index (χ4n) is 2.66. The van der Waals surface area contributed by atoms with E-state index in [0.29, 0.717) is 0 Å². The van der Waals surface area contributed by atoms with Crippen LogP contribution in [0.3, 0.4) is 0 Å². The Hall–Kier alpha value is -3.26. The van der Waals surface area contributed by atoms with E-state index in [1.165, 1.54) is 10.8 Å². The maximum Gasteiger partial charge on any atom is 0.127 e. The highest BCUT2D eigenvalue weighted by atomic mass is 16.5. The van der Waals surface area contributed by atoms with Crippen LogP contribution in [0.1, 0.15) is 0 Å². The quantitative estimate of drug-likeness (QED) is 0.472. The summed E-state index contributed by atoms with van der Waals surface area (Å²) in [5.74, 6) is 1.66. The summed E-state index contributed by atoms with van der Waals surface area (Å²) in [7, 11) is 0. The molecule has 0 saturated carbocycles. The molecule has 0 aliphatic rings. The van der Waals surface area contributed by atoms with E-state index in [-0.39, 0.29) is 0 Å². The van der Waals surface area contributed by atoms with E-state index in [0.717, 1.165) is 22.9 Å². The minimum Gasteiger partial charge on any atom is -0.457 e. The Morgan fingerprint density at radius 1 is 0.500 bits per heavy atom. The van der Waals surface area contributed by atoms with E-state index in [9.17, 15) is 0 Å². The second-order valence-corrected chi connectivity index (χ2v) is 5.63. The van der Waals surface area contributed by atoms with Crippen LogP contribution in [-0.4, -0.2) is 0 Å². The molecule has 0 bridgehead atoms. The molecule has 1 N–H and O–H groups in total. The van der Waals surface area contributed by atoms with E-state index >= 15 is 0 Å². The summed E-state index contributed by atoms with van der Waals surface area (Å²) in [5.41, 5.74) is 2.11. The van der Waals surface area contributed by atoms with Crippen LogP contribution in [0.25, 0.3) is 10.8 Å². The zero-order chi connectivity index (χ0) is 16.2. The summed E-state index contributed by atoms with van der Waals surface area (Å²) in [5, 5.41) is 5.90. The Kier molecular flexibility index (Phi) is 3.86. The van der Waals surface area contributed by atoms with Crippen molar-refractivity contribution in [2.75, 3.05) is 5.32 Å². The maximum atomic E-state index is 5.81. The molecule has 0 saturated heterocycles. The van der Waals surface area contributed by atoms with E-state index in [1.807, 2.05) is 54.6 Å². The number of fused-ring (bicyclic) bond motifs is 1. The first kappa shape index (κ1) is 14.3. The number of ether oxygens (including phenoxy) is 1. The smallest absolute Gasteiger partial charge is 0.127 e. The monoisotopic (exact) mass is 311 g/mol. The average Bonchev–Trinajstić information content (AvgIpc) is 2.64. The van der Waals surface area contributed by atoms with Crippen LogP contribution in [0, 0.1) is 0 Å². The van der Waals surface area contributed by atoms with Gasteiger partial charge in [-0.1, -0.05) is 48.5 Å². The molecule has 0 aromatic heterocycles. The van der Waals surface area contributed by atoms with Gasteiger partial charge >= 0.3 is 0 Å². The van der Waals surface area contributed by atoms with Gasteiger partial charge in [0.25, 0.3) is 0 Å².